The Bertz CT molecular complexity index is 1330. The summed E-state index contributed by atoms with van der Waals surface area (Å²) in [6.07, 6.45) is 1.30. The van der Waals surface area contributed by atoms with Gasteiger partial charge in [0, 0.05) is 28.6 Å². The van der Waals surface area contributed by atoms with Crippen molar-refractivity contribution in [2.24, 2.45) is 0 Å². The topological polar surface area (TPSA) is 62.3 Å². The molecule has 8 heteroatoms. The molecule has 2 N–H and O–H groups in total. The number of benzene rings is 3. The first-order valence-corrected chi connectivity index (χ1v) is 12.6. The van der Waals surface area contributed by atoms with E-state index in [-0.39, 0.29) is 6.42 Å². The highest BCUT2D eigenvalue weighted by atomic mass is 79.9. The fourth-order valence-electron chi connectivity index (χ4n) is 3.79. The van der Waals surface area contributed by atoms with Crippen LogP contribution in [-0.2, 0) is 17.6 Å². The van der Waals surface area contributed by atoms with E-state index in [9.17, 15) is 4.79 Å². The molecule has 0 radical (unpaired) electrons. The van der Waals surface area contributed by atoms with Gasteiger partial charge in [0.05, 0.1) is 19.5 Å². The van der Waals surface area contributed by atoms with Crippen molar-refractivity contribution < 1.29 is 14.6 Å². The van der Waals surface area contributed by atoms with Crippen LogP contribution in [0, 0.1) is 0 Å². The molecule has 0 aliphatic rings. The second kappa shape index (κ2) is 10.1. The lowest BCUT2D eigenvalue weighted by molar-refractivity contribution is -0.136. The third-order valence-electron chi connectivity index (χ3n) is 5.33. The fraction of sp³-hybridized carbons (Fsp3) is 0.160. The van der Waals surface area contributed by atoms with Gasteiger partial charge in [-0.15, -0.1) is 0 Å². The second-order valence-corrected chi connectivity index (χ2v) is 10.1. The van der Waals surface area contributed by atoms with Gasteiger partial charge in [0.15, 0.2) is 5.75 Å². The zero-order valence-electron chi connectivity index (χ0n) is 17.5. The molecular weight excluding hydrogens is 593 g/mol. The van der Waals surface area contributed by atoms with Gasteiger partial charge >= 0.3 is 5.97 Å². The van der Waals surface area contributed by atoms with Gasteiger partial charge in [-0.05, 0) is 91.7 Å². The minimum absolute atomic E-state index is 0.0641. The molecule has 0 saturated carbocycles. The molecule has 0 saturated heterocycles. The van der Waals surface area contributed by atoms with Crippen LogP contribution in [0.5, 0.6) is 11.5 Å². The molecule has 4 nitrogen and oxygen atoms in total. The van der Waals surface area contributed by atoms with Crippen LogP contribution in [-0.4, -0.2) is 16.1 Å². The van der Waals surface area contributed by atoms with Crippen molar-refractivity contribution in [2.45, 2.75) is 26.2 Å². The Kier molecular flexibility index (Phi) is 7.39. The number of halogens is 4. The Labute approximate surface area is 218 Å². The van der Waals surface area contributed by atoms with Crippen LogP contribution in [0.4, 0.5) is 0 Å². The molecule has 0 aliphatic heterocycles. The van der Waals surface area contributed by atoms with Gasteiger partial charge in [-0.2, -0.15) is 0 Å². The predicted molar refractivity (Wildman–Crippen MR) is 141 cm³/mol. The molecule has 0 unspecified atom stereocenters. The number of nitrogens with one attached hydrogen (secondary N) is 1. The molecule has 3 aromatic carbocycles. The number of aromatic nitrogens is 1. The number of aryl methyl sites for hydroxylation is 2. The van der Waals surface area contributed by atoms with Crippen molar-refractivity contribution in [3.8, 4) is 22.8 Å². The van der Waals surface area contributed by atoms with E-state index >= 15 is 0 Å². The number of ether oxygens (including phenoxy) is 1. The molecule has 4 rings (SSSR count). The number of rotatable bonds is 7. The molecule has 4 aromatic rings. The van der Waals surface area contributed by atoms with E-state index in [1.807, 2.05) is 42.5 Å². The van der Waals surface area contributed by atoms with Crippen molar-refractivity contribution in [2.75, 3.05) is 0 Å². The Hall–Kier alpha value is -1.99. The van der Waals surface area contributed by atoms with E-state index in [2.05, 4.69) is 43.8 Å². The summed E-state index contributed by atoms with van der Waals surface area (Å²) in [5.74, 6) is 0.362. The summed E-state index contributed by atoms with van der Waals surface area (Å²) >= 11 is 19.8. The number of carboxylic acids is 1. The number of carbonyl (C=O) groups is 1. The average Bonchev–Trinajstić information content (AvgIpc) is 3.14. The average molecular weight is 612 g/mol. The van der Waals surface area contributed by atoms with Crippen molar-refractivity contribution >= 4 is 71.9 Å². The highest BCUT2D eigenvalue weighted by molar-refractivity contribution is 9.11. The summed E-state index contributed by atoms with van der Waals surface area (Å²) in [5.41, 5.74) is 4.93. The first-order chi connectivity index (χ1) is 15.8. The first kappa shape index (κ1) is 24.1. The van der Waals surface area contributed by atoms with Crippen LogP contribution in [0.3, 0.4) is 0 Å². The van der Waals surface area contributed by atoms with Crippen molar-refractivity contribution in [3.63, 3.8) is 0 Å². The summed E-state index contributed by atoms with van der Waals surface area (Å²) in [4.78, 5) is 14.3. The zero-order valence-corrected chi connectivity index (χ0v) is 22.2. The van der Waals surface area contributed by atoms with E-state index in [1.165, 1.54) is 0 Å². The molecule has 0 spiro atoms. The smallest absolute Gasteiger partial charge is 0.303 e. The van der Waals surface area contributed by atoms with Crippen molar-refractivity contribution in [1.82, 2.24) is 4.98 Å². The van der Waals surface area contributed by atoms with Crippen molar-refractivity contribution in [1.29, 1.82) is 0 Å². The maximum Gasteiger partial charge on any atom is 0.303 e. The molecule has 170 valence electrons. The van der Waals surface area contributed by atoms with Crippen LogP contribution >= 0.6 is 55.1 Å². The number of fused-ring (bicyclic) bond motifs is 1. The predicted octanol–water partition coefficient (Wildman–Crippen LogP) is 9.04. The third-order valence-corrected chi connectivity index (χ3v) is 7.06. The van der Waals surface area contributed by atoms with Gasteiger partial charge < -0.3 is 14.8 Å². The summed E-state index contributed by atoms with van der Waals surface area (Å²) in [7, 11) is 0. The SMILES string of the molecule is CCc1c(-c2ccc(Cl)cc2)[nH]c2c(Cl)cc(Oc3c(Br)cc(CCC(=O)O)cc3Br)cc12. The molecule has 0 fully saturated rings. The maximum atomic E-state index is 10.9. The minimum Gasteiger partial charge on any atom is -0.481 e. The second-order valence-electron chi connectivity index (χ2n) is 7.55. The largest absolute Gasteiger partial charge is 0.481 e. The van der Waals surface area contributed by atoms with Gasteiger partial charge in [-0.25, -0.2) is 0 Å². The maximum absolute atomic E-state index is 10.9. The van der Waals surface area contributed by atoms with E-state index in [0.717, 1.165) is 48.7 Å². The molecule has 0 bridgehead atoms. The number of hydrogen-bond acceptors (Lipinski definition) is 2. The summed E-state index contributed by atoms with van der Waals surface area (Å²) < 4.78 is 7.66. The van der Waals surface area contributed by atoms with E-state index < -0.39 is 5.97 Å². The number of aromatic amines is 1. The summed E-state index contributed by atoms with van der Waals surface area (Å²) in [5, 5.41) is 11.2. The van der Waals surface area contributed by atoms with E-state index in [4.69, 9.17) is 33.0 Å². The molecular formula is C25H19Br2Cl2NO3. The summed E-state index contributed by atoms with van der Waals surface area (Å²) in [6.45, 7) is 2.10. The number of H-pyrrole nitrogens is 1. The zero-order chi connectivity index (χ0) is 23.7. The lowest BCUT2D eigenvalue weighted by atomic mass is 10.0. The Morgan fingerprint density at radius 2 is 1.73 bits per heavy atom. The lowest BCUT2D eigenvalue weighted by Crippen LogP contribution is -1.98. The van der Waals surface area contributed by atoms with Gasteiger partial charge in [0.2, 0.25) is 0 Å². The lowest BCUT2D eigenvalue weighted by Gasteiger charge is -2.13. The Balaban J connectivity index is 1.72. The molecule has 1 aromatic heterocycles. The Morgan fingerprint density at radius 1 is 1.06 bits per heavy atom. The normalized spacial score (nSPS) is 11.2. The highest BCUT2D eigenvalue weighted by Gasteiger charge is 2.17. The molecule has 0 atom stereocenters. The van der Waals surface area contributed by atoms with Crippen LogP contribution < -0.4 is 4.74 Å². The summed E-state index contributed by atoms with van der Waals surface area (Å²) in [6, 6.07) is 15.2. The standard InChI is InChI=1S/C25H19Br2Cl2NO3/c1-2-17-18-11-16(33-25-19(26)9-13(10-20(25)27)3-8-22(31)32)12-21(29)24(18)30-23(17)14-4-6-15(28)7-5-14/h4-7,9-12,30H,2-3,8H2,1H3,(H,31,32). The van der Waals surface area contributed by atoms with Crippen LogP contribution in [0.1, 0.15) is 24.5 Å². The Morgan fingerprint density at radius 3 is 2.33 bits per heavy atom. The van der Waals surface area contributed by atoms with Crippen molar-refractivity contribution in [3.05, 3.63) is 78.6 Å². The van der Waals surface area contributed by atoms with E-state index in [1.54, 1.807) is 6.07 Å². The number of hydrogen-bond donors (Lipinski definition) is 2. The quantitative estimate of drug-likeness (QED) is 0.219. The van der Waals surface area contributed by atoms with Crippen LogP contribution in [0.25, 0.3) is 22.2 Å². The fourth-order valence-corrected chi connectivity index (χ4v) is 5.62. The van der Waals surface area contributed by atoms with Crippen LogP contribution in [0.15, 0.2) is 57.5 Å². The monoisotopic (exact) mass is 609 g/mol. The third kappa shape index (κ3) is 5.24. The molecule has 0 aliphatic carbocycles. The number of aliphatic carboxylic acids is 1. The van der Waals surface area contributed by atoms with E-state index in [0.29, 0.717) is 28.0 Å². The highest BCUT2D eigenvalue weighted by Crippen LogP contribution is 2.42. The first-order valence-electron chi connectivity index (χ1n) is 10.2. The molecule has 33 heavy (non-hydrogen) atoms. The van der Waals surface area contributed by atoms with Gasteiger partial charge in [0.25, 0.3) is 0 Å². The van der Waals surface area contributed by atoms with Gasteiger partial charge in [-0.1, -0.05) is 42.3 Å². The molecule has 0 amide bonds. The number of carboxylic acid groups (broad SMARTS) is 1. The van der Waals surface area contributed by atoms with Crippen LogP contribution in [0.2, 0.25) is 10.0 Å². The van der Waals surface area contributed by atoms with Gasteiger partial charge in [0.1, 0.15) is 5.75 Å². The molecule has 1 heterocycles. The minimum atomic E-state index is -0.832. The van der Waals surface area contributed by atoms with Gasteiger partial charge in [-0.3, -0.25) is 4.79 Å².